The Hall–Kier alpha value is 2.12. The third-order valence-corrected chi connectivity index (χ3v) is 5.60. The quantitative estimate of drug-likeness (QED) is 0.168. The maximum atomic E-state index is 11.2. The maximum absolute atomic E-state index is 11.2. The molecular formula is C24H39I4O12V-. The minimum absolute atomic E-state index is 0. The summed E-state index contributed by atoms with van der Waals surface area (Å²) in [7, 11) is 3.29. The second-order valence-electron chi connectivity index (χ2n) is 9.55. The second kappa shape index (κ2) is 20.4. The van der Waals surface area contributed by atoms with Crippen molar-refractivity contribution < 1.29 is 75.5 Å². The topological polar surface area (TPSA) is 126 Å². The number of hydrogen-bond acceptors (Lipinski definition) is 12. The van der Waals surface area contributed by atoms with Crippen molar-refractivity contribution in [1.29, 1.82) is 0 Å². The SMILES string of the molecule is CC(=O)O[C@@H]1[C@H]2OC(C)(C)O[C@H]2OC[C@H]1OC(C)=O.CO[C@@H]1[C@H]2OC(C)(C)O[C@H]2OC[C@H]1OC.IC(I)I.[CH2-]I.[V]. The number of rotatable bonds is 4. The zero-order valence-corrected chi connectivity index (χ0v) is 34.2. The molecule has 8 atom stereocenters. The van der Waals surface area contributed by atoms with Crippen LogP contribution < -0.4 is 0 Å². The predicted octanol–water partition coefficient (Wildman–Crippen LogP) is 4.67. The van der Waals surface area contributed by atoms with Crippen LogP contribution in [0.25, 0.3) is 0 Å². The van der Waals surface area contributed by atoms with Gasteiger partial charge in [-0.3, -0.25) is 14.5 Å². The van der Waals surface area contributed by atoms with Gasteiger partial charge in [0.1, 0.15) is 18.2 Å². The fourth-order valence-electron chi connectivity index (χ4n) is 4.35. The minimum Gasteiger partial charge on any atom is -0.456 e. The fraction of sp³-hybridized carbons (Fsp3) is 0.875. The first-order valence-corrected chi connectivity index (χ1v) is 17.4. The van der Waals surface area contributed by atoms with E-state index in [-0.39, 0.29) is 49.8 Å². The smallest absolute Gasteiger partial charge is 0.303 e. The van der Waals surface area contributed by atoms with Gasteiger partial charge in [-0.1, -0.05) is 67.8 Å². The first kappa shape index (κ1) is 43.1. The summed E-state index contributed by atoms with van der Waals surface area (Å²) in [5.41, 5.74) is 0. The Labute approximate surface area is 309 Å². The molecule has 0 aliphatic carbocycles. The Morgan fingerprint density at radius 3 is 1.49 bits per heavy atom. The van der Waals surface area contributed by atoms with Crippen molar-refractivity contribution in [2.45, 2.75) is 102 Å². The van der Waals surface area contributed by atoms with Crippen molar-refractivity contribution in [3.63, 3.8) is 0 Å². The van der Waals surface area contributed by atoms with Crippen LogP contribution in [0.2, 0.25) is 0 Å². The van der Waals surface area contributed by atoms with Crippen LogP contribution in [-0.4, -0.2) is 100 Å². The van der Waals surface area contributed by atoms with Crippen molar-refractivity contribution >= 4 is 102 Å². The van der Waals surface area contributed by atoms with E-state index in [4.69, 9.17) is 47.4 Å². The summed E-state index contributed by atoms with van der Waals surface area (Å²) >= 11 is 8.85. The molecule has 1 radical (unpaired) electrons. The van der Waals surface area contributed by atoms with E-state index in [1.165, 1.54) is 13.8 Å². The monoisotopic (exact) mass is 1080 g/mol. The number of methoxy groups -OCH3 is 2. The zero-order chi connectivity index (χ0) is 30.8. The van der Waals surface area contributed by atoms with Gasteiger partial charge in [0.15, 0.2) is 42.5 Å². The summed E-state index contributed by atoms with van der Waals surface area (Å²) in [4.78, 5) is 25.5. The van der Waals surface area contributed by atoms with Crippen LogP contribution in [0, 0.1) is 4.93 Å². The van der Waals surface area contributed by atoms with E-state index in [0.717, 1.165) is -0.0619 Å². The van der Waals surface area contributed by atoms with Gasteiger partial charge in [-0.15, -0.1) is 0 Å². The Balaban J connectivity index is 0.000000652. The van der Waals surface area contributed by atoms with Gasteiger partial charge in [-0.2, -0.15) is 0 Å². The van der Waals surface area contributed by atoms with Crippen LogP contribution in [0.4, 0.5) is 0 Å². The Kier molecular flexibility index (Phi) is 21.4. The molecule has 12 nitrogen and oxygen atoms in total. The molecule has 4 fully saturated rings. The first-order valence-electron chi connectivity index (χ1n) is 12.1. The summed E-state index contributed by atoms with van der Waals surface area (Å²) in [6, 6.07) is 0. The molecule has 0 saturated carbocycles. The predicted molar refractivity (Wildman–Crippen MR) is 177 cm³/mol. The molecule has 0 aromatic rings. The molecule has 0 N–H and O–H groups in total. The van der Waals surface area contributed by atoms with Crippen molar-refractivity contribution in [3.8, 4) is 0 Å². The number of fused-ring (bicyclic) bond motifs is 2. The Bertz CT molecular complexity index is 791. The van der Waals surface area contributed by atoms with E-state index in [1.807, 2.05) is 36.4 Å². The van der Waals surface area contributed by atoms with Gasteiger partial charge in [-0.05, 0) is 27.7 Å². The molecule has 0 amide bonds. The molecule has 4 aliphatic heterocycles. The average molecular weight is 1080 g/mol. The summed E-state index contributed by atoms with van der Waals surface area (Å²) in [6.07, 6.45) is -3.49. The first-order chi connectivity index (χ1) is 18.6. The van der Waals surface area contributed by atoms with Crippen molar-refractivity contribution in [3.05, 3.63) is 4.93 Å². The molecular weight excluding hydrogens is 1040 g/mol. The zero-order valence-electron chi connectivity index (χ0n) is 24.2. The van der Waals surface area contributed by atoms with Crippen LogP contribution in [0.15, 0.2) is 0 Å². The Morgan fingerprint density at radius 1 is 0.732 bits per heavy atom. The molecule has 0 unspecified atom stereocenters. The van der Waals surface area contributed by atoms with Crippen LogP contribution in [0.3, 0.4) is 0 Å². The Morgan fingerprint density at radius 2 is 1.12 bits per heavy atom. The number of alkyl halides is 3. The van der Waals surface area contributed by atoms with Crippen LogP contribution in [-0.2, 0) is 75.5 Å². The van der Waals surface area contributed by atoms with Crippen LogP contribution in [0.1, 0.15) is 41.5 Å². The molecule has 0 aromatic carbocycles. The van der Waals surface area contributed by atoms with E-state index < -0.39 is 48.1 Å². The standard InChI is InChI=1S/C12H18O7.C10H18O5.CHI3.CH2I.V/c1-6(13)16-8-5-15-11-10(9(8)17-7(2)14)18-12(3,4)19-11;1-10(2)14-8-7(12-4)6(11-3)5-13-9(8)15-10;2-1(3)4;1-2;/h8-11H,5H2,1-4H3;6-9H,5H2,1-4H3;1H;1H2;/q;;;-1;/t8-,9+,10-,11-;6-,7+,8-,9-;;;/m11.../s1. The van der Waals surface area contributed by atoms with E-state index in [1.54, 1.807) is 28.1 Å². The normalized spacial score (nSPS) is 34.0. The molecule has 4 saturated heterocycles. The van der Waals surface area contributed by atoms with Crippen molar-refractivity contribution in [1.82, 2.24) is 0 Å². The molecule has 0 bridgehead atoms. The van der Waals surface area contributed by atoms with Gasteiger partial charge < -0.3 is 70.0 Å². The molecule has 4 aliphatic rings. The number of ether oxygens (including phenoxy) is 10. The minimum atomic E-state index is -0.834. The third kappa shape index (κ3) is 14.6. The van der Waals surface area contributed by atoms with Gasteiger partial charge in [-0.25, -0.2) is 0 Å². The van der Waals surface area contributed by atoms with Crippen molar-refractivity contribution in [2.24, 2.45) is 0 Å². The number of hydrogen-bond donors (Lipinski definition) is 0. The fourth-order valence-corrected chi connectivity index (χ4v) is 4.35. The molecule has 4 heterocycles. The van der Waals surface area contributed by atoms with E-state index >= 15 is 0 Å². The number of carbonyl (C=O) groups excluding carboxylic acids is 2. The van der Waals surface area contributed by atoms with Gasteiger partial charge in [0, 0.05) is 46.6 Å². The molecule has 0 aromatic heterocycles. The van der Waals surface area contributed by atoms with Gasteiger partial charge >= 0.3 is 11.9 Å². The summed E-state index contributed by atoms with van der Waals surface area (Å²) < 4.78 is 55.2. The van der Waals surface area contributed by atoms with E-state index in [0.29, 0.717) is 6.61 Å². The average Bonchev–Trinajstić information content (AvgIpc) is 3.34. The third-order valence-electron chi connectivity index (χ3n) is 5.60. The molecule has 41 heavy (non-hydrogen) atoms. The van der Waals surface area contributed by atoms with Crippen LogP contribution >= 0.6 is 90.4 Å². The molecule has 4 rings (SSSR count). The van der Waals surface area contributed by atoms with Gasteiger partial charge in [0.05, 0.1) is 13.2 Å². The summed E-state index contributed by atoms with van der Waals surface area (Å²) in [5.74, 6) is -2.40. The number of carbonyl (C=O) groups is 2. The maximum Gasteiger partial charge on any atom is 0.303 e. The van der Waals surface area contributed by atoms with Crippen molar-refractivity contribution in [2.75, 3.05) is 27.4 Å². The molecule has 0 spiro atoms. The van der Waals surface area contributed by atoms with Gasteiger partial charge in [0.2, 0.25) is 0 Å². The van der Waals surface area contributed by atoms with Crippen LogP contribution in [0.5, 0.6) is 0 Å². The molecule has 17 heteroatoms. The number of halogens is 4. The van der Waals surface area contributed by atoms with E-state index in [2.05, 4.69) is 72.7 Å². The van der Waals surface area contributed by atoms with Gasteiger partial charge in [0.25, 0.3) is 0 Å². The summed E-state index contributed by atoms with van der Waals surface area (Å²) in [5, 5.41) is 0. The largest absolute Gasteiger partial charge is 0.456 e. The summed E-state index contributed by atoms with van der Waals surface area (Å²) in [6.45, 7) is 10.3. The molecule has 241 valence electrons. The van der Waals surface area contributed by atoms with E-state index in [9.17, 15) is 9.59 Å². The number of esters is 2. The second-order valence-corrected chi connectivity index (χ2v) is 20.4.